The van der Waals surface area contributed by atoms with Crippen LogP contribution in [0.2, 0.25) is 0 Å². The molecule has 0 aliphatic heterocycles. The number of anilines is 1. The zero-order valence-electron chi connectivity index (χ0n) is 16.1. The highest BCUT2D eigenvalue weighted by molar-refractivity contribution is 6.07. The summed E-state index contributed by atoms with van der Waals surface area (Å²) < 4.78 is 5.01. The van der Waals surface area contributed by atoms with Gasteiger partial charge in [0, 0.05) is 12.1 Å². The van der Waals surface area contributed by atoms with E-state index < -0.39 is 5.97 Å². The van der Waals surface area contributed by atoms with Crippen molar-refractivity contribution in [1.29, 1.82) is 0 Å². The predicted octanol–water partition coefficient (Wildman–Crippen LogP) is 2.96. The van der Waals surface area contributed by atoms with Crippen LogP contribution in [-0.2, 0) is 17.6 Å². The van der Waals surface area contributed by atoms with Crippen LogP contribution in [0.25, 0.3) is 0 Å². The molecule has 2 aromatic heterocycles. The molecule has 3 rings (SSSR count). The van der Waals surface area contributed by atoms with Crippen molar-refractivity contribution in [3.05, 3.63) is 64.2 Å². The molecule has 8 heteroatoms. The van der Waals surface area contributed by atoms with E-state index in [9.17, 15) is 9.59 Å². The molecule has 1 aromatic carbocycles. The second-order valence-corrected chi connectivity index (χ2v) is 6.39. The summed E-state index contributed by atoms with van der Waals surface area (Å²) >= 11 is 0. The van der Waals surface area contributed by atoms with Gasteiger partial charge in [-0.2, -0.15) is 4.98 Å². The first-order valence-electron chi connectivity index (χ1n) is 9.12. The van der Waals surface area contributed by atoms with Gasteiger partial charge in [0.15, 0.2) is 0 Å². The Morgan fingerprint density at radius 2 is 1.89 bits per heavy atom. The first-order chi connectivity index (χ1) is 13.5. The lowest BCUT2D eigenvalue weighted by atomic mass is 10.1. The molecule has 3 N–H and O–H groups in total. The van der Waals surface area contributed by atoms with Gasteiger partial charge in [-0.3, -0.25) is 15.2 Å². The van der Waals surface area contributed by atoms with Gasteiger partial charge in [-0.25, -0.2) is 4.79 Å². The third-order valence-corrected chi connectivity index (χ3v) is 4.39. The third-order valence-electron chi connectivity index (χ3n) is 4.39. The normalized spacial score (nSPS) is 10.7. The van der Waals surface area contributed by atoms with Crippen LogP contribution in [-0.4, -0.2) is 38.6 Å². The van der Waals surface area contributed by atoms with Crippen LogP contribution < -0.4 is 5.32 Å². The van der Waals surface area contributed by atoms with Crippen LogP contribution >= 0.6 is 0 Å². The minimum absolute atomic E-state index is 0.200. The van der Waals surface area contributed by atoms with Crippen molar-refractivity contribution in [3.8, 4) is 0 Å². The summed E-state index contributed by atoms with van der Waals surface area (Å²) in [5.74, 6) is 0.0262. The van der Waals surface area contributed by atoms with Gasteiger partial charge >= 0.3 is 5.97 Å². The lowest BCUT2D eigenvalue weighted by molar-refractivity contribution is 0.0519. The maximum atomic E-state index is 12.7. The Hall–Kier alpha value is -3.42. The maximum Gasteiger partial charge on any atom is 0.355 e. The molecule has 146 valence electrons. The number of nitrogens with zero attached hydrogens (tertiary/aromatic N) is 2. The number of carbonyl (C=O) groups is 2. The highest BCUT2D eigenvalue weighted by Gasteiger charge is 2.23. The Morgan fingerprint density at radius 3 is 2.61 bits per heavy atom. The van der Waals surface area contributed by atoms with E-state index in [0.29, 0.717) is 29.1 Å². The van der Waals surface area contributed by atoms with E-state index in [2.05, 4.69) is 37.6 Å². The molecule has 2 heterocycles. The van der Waals surface area contributed by atoms with Gasteiger partial charge in [-0.15, -0.1) is 5.10 Å². The Balaban J connectivity index is 1.67. The van der Waals surface area contributed by atoms with Crippen LogP contribution in [0, 0.1) is 13.8 Å². The molecule has 0 aliphatic rings. The number of hydrogen-bond acceptors (Lipinski definition) is 5. The third kappa shape index (κ3) is 4.28. The Bertz CT molecular complexity index is 975. The molecule has 28 heavy (non-hydrogen) atoms. The number of amides is 1. The van der Waals surface area contributed by atoms with Crippen molar-refractivity contribution in [2.75, 3.05) is 11.9 Å². The number of nitrogens with one attached hydrogen (secondary N) is 3. The minimum atomic E-state index is -0.483. The lowest BCUT2D eigenvalue weighted by Crippen LogP contribution is -2.15. The predicted molar refractivity (Wildman–Crippen MR) is 104 cm³/mol. The fourth-order valence-corrected chi connectivity index (χ4v) is 3.03. The van der Waals surface area contributed by atoms with Crippen molar-refractivity contribution < 1.29 is 14.3 Å². The largest absolute Gasteiger partial charge is 0.461 e. The monoisotopic (exact) mass is 381 g/mol. The number of esters is 1. The molecule has 0 saturated carbocycles. The minimum Gasteiger partial charge on any atom is -0.461 e. The lowest BCUT2D eigenvalue weighted by Gasteiger charge is -2.03. The zero-order valence-corrected chi connectivity index (χ0v) is 16.1. The van der Waals surface area contributed by atoms with Crippen LogP contribution in [0.4, 0.5) is 5.95 Å². The number of carbonyl (C=O) groups excluding carboxylic acids is 2. The first kappa shape index (κ1) is 19.3. The molecule has 8 nitrogen and oxygen atoms in total. The quantitative estimate of drug-likeness (QED) is 0.545. The maximum absolute atomic E-state index is 12.7. The number of rotatable bonds is 7. The zero-order chi connectivity index (χ0) is 20.1. The highest BCUT2D eigenvalue weighted by atomic mass is 16.5. The molecule has 0 aliphatic carbocycles. The average molecular weight is 381 g/mol. The smallest absolute Gasteiger partial charge is 0.355 e. The van der Waals surface area contributed by atoms with Crippen molar-refractivity contribution in [2.24, 2.45) is 0 Å². The topological polar surface area (TPSA) is 113 Å². The SMILES string of the molecule is CCOC(=O)c1[nH]c(C)c(C(=O)Nc2n[nH]c(CCc3ccccc3)n2)c1C. The summed E-state index contributed by atoms with van der Waals surface area (Å²) in [6.45, 7) is 5.43. The molecule has 0 bridgehead atoms. The van der Waals surface area contributed by atoms with E-state index in [1.54, 1.807) is 20.8 Å². The van der Waals surface area contributed by atoms with Crippen molar-refractivity contribution >= 4 is 17.8 Å². The fourth-order valence-electron chi connectivity index (χ4n) is 3.03. The van der Waals surface area contributed by atoms with Crippen LogP contribution in [0.15, 0.2) is 30.3 Å². The number of ether oxygens (including phenoxy) is 1. The highest BCUT2D eigenvalue weighted by Crippen LogP contribution is 2.20. The Labute approximate surface area is 162 Å². The van der Waals surface area contributed by atoms with E-state index >= 15 is 0 Å². The van der Waals surface area contributed by atoms with Gasteiger partial charge in [0.2, 0.25) is 5.95 Å². The van der Waals surface area contributed by atoms with Gasteiger partial charge in [0.1, 0.15) is 11.5 Å². The average Bonchev–Trinajstić information content (AvgIpc) is 3.24. The molecule has 0 atom stereocenters. The van der Waals surface area contributed by atoms with Gasteiger partial charge in [-0.1, -0.05) is 30.3 Å². The number of hydrogen-bond donors (Lipinski definition) is 3. The molecule has 3 aromatic rings. The first-order valence-corrected chi connectivity index (χ1v) is 9.12. The number of aromatic amines is 2. The van der Waals surface area contributed by atoms with Gasteiger partial charge in [0.25, 0.3) is 5.91 Å². The number of benzene rings is 1. The van der Waals surface area contributed by atoms with Crippen molar-refractivity contribution in [1.82, 2.24) is 20.2 Å². The van der Waals surface area contributed by atoms with Crippen LogP contribution in [0.5, 0.6) is 0 Å². The summed E-state index contributed by atoms with van der Waals surface area (Å²) in [6.07, 6.45) is 1.50. The van der Waals surface area contributed by atoms with E-state index in [-0.39, 0.29) is 24.2 Å². The van der Waals surface area contributed by atoms with E-state index in [0.717, 1.165) is 6.42 Å². The Morgan fingerprint density at radius 1 is 1.14 bits per heavy atom. The standard InChI is InChI=1S/C20H23N5O3/c1-4-28-19(27)17-12(2)16(13(3)21-17)18(26)23-20-22-15(24-25-20)11-10-14-8-6-5-7-9-14/h5-9,21H,4,10-11H2,1-3H3,(H2,22,23,24,25,26). The summed E-state index contributed by atoms with van der Waals surface area (Å²) in [5.41, 5.74) is 2.99. The van der Waals surface area contributed by atoms with Crippen molar-refractivity contribution in [3.63, 3.8) is 0 Å². The van der Waals surface area contributed by atoms with Crippen molar-refractivity contribution in [2.45, 2.75) is 33.6 Å². The molecular formula is C20H23N5O3. The number of aromatic nitrogens is 4. The van der Waals surface area contributed by atoms with Gasteiger partial charge in [0.05, 0.1) is 12.2 Å². The van der Waals surface area contributed by atoms with Crippen LogP contribution in [0.3, 0.4) is 0 Å². The van der Waals surface area contributed by atoms with Crippen LogP contribution in [0.1, 0.15) is 50.4 Å². The van der Waals surface area contributed by atoms with Gasteiger partial charge < -0.3 is 9.72 Å². The number of H-pyrrole nitrogens is 2. The van der Waals surface area contributed by atoms with Gasteiger partial charge in [-0.05, 0) is 38.3 Å². The number of aryl methyl sites for hydroxylation is 3. The summed E-state index contributed by atoms with van der Waals surface area (Å²) in [5, 5.41) is 9.58. The summed E-state index contributed by atoms with van der Waals surface area (Å²) in [4.78, 5) is 31.9. The second-order valence-electron chi connectivity index (χ2n) is 6.39. The van der Waals surface area contributed by atoms with E-state index in [4.69, 9.17) is 4.74 Å². The molecule has 1 amide bonds. The van der Waals surface area contributed by atoms with E-state index in [1.807, 2.05) is 18.2 Å². The Kier molecular flexibility index (Phi) is 5.88. The molecule has 0 radical (unpaired) electrons. The second kappa shape index (κ2) is 8.51. The molecule has 0 fully saturated rings. The van der Waals surface area contributed by atoms with E-state index in [1.165, 1.54) is 5.56 Å². The molecule has 0 unspecified atom stereocenters. The molecule has 0 spiro atoms. The fraction of sp³-hybridized carbons (Fsp3) is 0.300. The summed E-state index contributed by atoms with van der Waals surface area (Å²) in [6, 6.07) is 10.1. The summed E-state index contributed by atoms with van der Waals surface area (Å²) in [7, 11) is 0. The molecule has 0 saturated heterocycles. The molecular weight excluding hydrogens is 358 g/mol.